The van der Waals surface area contributed by atoms with E-state index in [1.54, 1.807) is 0 Å². The van der Waals surface area contributed by atoms with Crippen LogP contribution < -0.4 is 5.32 Å². The van der Waals surface area contributed by atoms with Gasteiger partial charge in [-0.1, -0.05) is 30.3 Å². The van der Waals surface area contributed by atoms with Crippen molar-refractivity contribution < 1.29 is 9.59 Å². The van der Waals surface area contributed by atoms with Crippen molar-refractivity contribution in [1.29, 1.82) is 0 Å². The minimum atomic E-state index is -0.194. The molecule has 2 amide bonds. The van der Waals surface area contributed by atoms with E-state index in [-0.39, 0.29) is 11.8 Å². The summed E-state index contributed by atoms with van der Waals surface area (Å²) in [6.07, 6.45) is 4.94. The first-order valence-electron chi connectivity index (χ1n) is 9.45. The quantitative estimate of drug-likeness (QED) is 0.919. The molecule has 4 rings (SSSR count). The highest BCUT2D eigenvalue weighted by molar-refractivity contribution is 5.97. The molecule has 6 nitrogen and oxygen atoms in total. The molecule has 0 spiro atoms. The second-order valence-corrected chi connectivity index (χ2v) is 7.01. The molecule has 26 heavy (non-hydrogen) atoms. The van der Waals surface area contributed by atoms with Gasteiger partial charge >= 0.3 is 0 Å². The second kappa shape index (κ2) is 7.32. The number of amides is 2. The Morgan fingerprint density at radius 2 is 1.73 bits per heavy atom. The third kappa shape index (κ3) is 3.23. The minimum Gasteiger partial charge on any atom is -0.347 e. The van der Waals surface area contributed by atoms with Gasteiger partial charge in [0.15, 0.2) is 5.82 Å². The maximum absolute atomic E-state index is 12.8. The van der Waals surface area contributed by atoms with Crippen molar-refractivity contribution in [2.45, 2.75) is 45.2 Å². The molecule has 1 fully saturated rings. The number of benzene rings is 1. The summed E-state index contributed by atoms with van der Waals surface area (Å²) in [5.41, 5.74) is 2.37. The summed E-state index contributed by atoms with van der Waals surface area (Å²) in [7, 11) is 0. The number of aromatic nitrogens is 2. The first-order chi connectivity index (χ1) is 12.7. The highest BCUT2D eigenvalue weighted by atomic mass is 16.2. The summed E-state index contributed by atoms with van der Waals surface area (Å²) in [4.78, 5) is 31.9. The van der Waals surface area contributed by atoms with Crippen molar-refractivity contribution in [2.24, 2.45) is 0 Å². The number of hydrogen-bond donors (Lipinski definition) is 1. The largest absolute Gasteiger partial charge is 0.347 e. The topological polar surface area (TPSA) is 67.2 Å². The lowest BCUT2D eigenvalue weighted by molar-refractivity contribution is 0.0774. The van der Waals surface area contributed by atoms with E-state index < -0.39 is 0 Å². The molecular weight excluding hydrogens is 328 g/mol. The molecule has 2 aromatic rings. The molecular formula is C20H24N4O2. The van der Waals surface area contributed by atoms with Gasteiger partial charge in [-0.3, -0.25) is 9.59 Å². The number of rotatable bonds is 4. The summed E-state index contributed by atoms with van der Waals surface area (Å²) in [5, 5.41) is 2.95. The van der Waals surface area contributed by atoms with Gasteiger partial charge in [0, 0.05) is 26.2 Å². The fourth-order valence-corrected chi connectivity index (χ4v) is 3.81. The molecule has 0 saturated carbocycles. The number of fused-ring (bicyclic) bond motifs is 1. The van der Waals surface area contributed by atoms with Crippen LogP contribution in [0.2, 0.25) is 0 Å². The van der Waals surface area contributed by atoms with E-state index in [2.05, 4.69) is 10.3 Å². The lowest BCUT2D eigenvalue weighted by atomic mass is 10.1. The second-order valence-electron chi connectivity index (χ2n) is 7.01. The van der Waals surface area contributed by atoms with Crippen LogP contribution >= 0.6 is 0 Å². The van der Waals surface area contributed by atoms with E-state index in [0.717, 1.165) is 63.0 Å². The maximum Gasteiger partial charge on any atom is 0.289 e. The summed E-state index contributed by atoms with van der Waals surface area (Å²) < 4.78 is 1.97. The summed E-state index contributed by atoms with van der Waals surface area (Å²) in [6, 6.07) is 9.81. The summed E-state index contributed by atoms with van der Waals surface area (Å²) in [5.74, 6) is 0.208. The van der Waals surface area contributed by atoms with Gasteiger partial charge in [0.05, 0.1) is 5.69 Å². The van der Waals surface area contributed by atoms with Crippen LogP contribution in [0.25, 0.3) is 0 Å². The molecule has 1 N–H and O–H groups in total. The predicted molar refractivity (Wildman–Crippen MR) is 97.9 cm³/mol. The zero-order valence-electron chi connectivity index (χ0n) is 14.9. The number of likely N-dealkylation sites (tertiary alicyclic amines) is 1. The van der Waals surface area contributed by atoms with Gasteiger partial charge in [0.1, 0.15) is 5.69 Å². The van der Waals surface area contributed by atoms with Crippen LogP contribution in [0.3, 0.4) is 0 Å². The third-order valence-electron chi connectivity index (χ3n) is 5.21. The Labute approximate surface area is 153 Å². The summed E-state index contributed by atoms with van der Waals surface area (Å²) in [6.45, 7) is 2.80. The third-order valence-corrected chi connectivity index (χ3v) is 5.21. The molecule has 0 aliphatic carbocycles. The van der Waals surface area contributed by atoms with Crippen molar-refractivity contribution >= 4 is 11.8 Å². The van der Waals surface area contributed by atoms with Gasteiger partial charge in [-0.2, -0.15) is 0 Å². The van der Waals surface area contributed by atoms with Crippen LogP contribution in [0.1, 0.15) is 58.0 Å². The number of imidazole rings is 1. The van der Waals surface area contributed by atoms with Crippen LogP contribution in [-0.2, 0) is 19.5 Å². The average Bonchev–Trinajstić information content (AvgIpc) is 3.35. The van der Waals surface area contributed by atoms with E-state index in [9.17, 15) is 9.59 Å². The molecule has 1 aromatic carbocycles. The molecule has 0 radical (unpaired) electrons. The van der Waals surface area contributed by atoms with Crippen molar-refractivity contribution in [3.05, 3.63) is 53.1 Å². The molecule has 1 saturated heterocycles. The first kappa shape index (κ1) is 16.8. The fourth-order valence-electron chi connectivity index (χ4n) is 3.81. The maximum atomic E-state index is 12.8. The number of nitrogens with one attached hydrogen (secondary N) is 1. The first-order valence-corrected chi connectivity index (χ1v) is 9.45. The molecule has 136 valence electrons. The van der Waals surface area contributed by atoms with Crippen molar-refractivity contribution in [3.8, 4) is 0 Å². The van der Waals surface area contributed by atoms with Gasteiger partial charge in [-0.05, 0) is 37.7 Å². The number of hydrogen-bond acceptors (Lipinski definition) is 3. The van der Waals surface area contributed by atoms with E-state index in [1.807, 2.05) is 39.8 Å². The van der Waals surface area contributed by atoms with Gasteiger partial charge in [0.25, 0.3) is 11.8 Å². The van der Waals surface area contributed by atoms with Crippen LogP contribution in [0.5, 0.6) is 0 Å². The monoisotopic (exact) mass is 352 g/mol. The number of carbonyl (C=O) groups excluding carboxylic acids is 2. The van der Waals surface area contributed by atoms with E-state index in [1.165, 1.54) is 0 Å². The molecule has 0 unspecified atom stereocenters. The Bertz CT molecular complexity index is 807. The van der Waals surface area contributed by atoms with Gasteiger partial charge in [-0.15, -0.1) is 0 Å². The van der Waals surface area contributed by atoms with Crippen molar-refractivity contribution in [2.75, 3.05) is 13.1 Å². The van der Waals surface area contributed by atoms with Crippen LogP contribution in [0.4, 0.5) is 0 Å². The highest BCUT2D eigenvalue weighted by Crippen LogP contribution is 2.23. The van der Waals surface area contributed by atoms with Gasteiger partial charge in [-0.25, -0.2) is 4.98 Å². The molecule has 0 atom stereocenters. The minimum absolute atomic E-state index is 0.0345. The van der Waals surface area contributed by atoms with Gasteiger partial charge in [0.2, 0.25) is 0 Å². The van der Waals surface area contributed by atoms with Gasteiger partial charge < -0.3 is 14.8 Å². The molecule has 2 aliphatic rings. The number of nitrogens with zero attached hydrogens (tertiary/aromatic N) is 3. The predicted octanol–water partition coefficient (Wildman–Crippen LogP) is 2.39. The Kier molecular flexibility index (Phi) is 4.73. The van der Waals surface area contributed by atoms with E-state index >= 15 is 0 Å². The van der Waals surface area contributed by atoms with E-state index in [0.29, 0.717) is 18.1 Å². The lowest BCUT2D eigenvalue weighted by Crippen LogP contribution is -2.31. The molecule has 1 aromatic heterocycles. The highest BCUT2D eigenvalue weighted by Gasteiger charge is 2.30. The smallest absolute Gasteiger partial charge is 0.289 e. The zero-order valence-corrected chi connectivity index (χ0v) is 14.9. The Morgan fingerprint density at radius 3 is 2.50 bits per heavy atom. The Balaban J connectivity index is 1.57. The van der Waals surface area contributed by atoms with Crippen LogP contribution in [0.15, 0.2) is 30.3 Å². The standard InChI is InChI=1S/C20H24N4O2/c25-19(21-14-15-8-2-1-3-9-15)17-16-10-4-5-13-24(16)18(22-17)20(26)23-11-6-7-12-23/h1-3,8-9H,4-7,10-14H2,(H,21,25). The molecule has 0 bridgehead atoms. The van der Waals surface area contributed by atoms with E-state index in [4.69, 9.17) is 0 Å². The van der Waals surface area contributed by atoms with Crippen molar-refractivity contribution in [1.82, 2.24) is 19.8 Å². The molecule has 6 heteroatoms. The van der Waals surface area contributed by atoms with Crippen LogP contribution in [-0.4, -0.2) is 39.4 Å². The normalized spacial score (nSPS) is 16.4. The fraction of sp³-hybridized carbons (Fsp3) is 0.450. The summed E-state index contributed by atoms with van der Waals surface area (Å²) >= 11 is 0. The van der Waals surface area contributed by atoms with Crippen molar-refractivity contribution in [3.63, 3.8) is 0 Å². The number of carbonyl (C=O) groups is 2. The molecule has 2 aliphatic heterocycles. The Hall–Kier alpha value is -2.63. The van der Waals surface area contributed by atoms with Crippen LogP contribution in [0, 0.1) is 0 Å². The Morgan fingerprint density at radius 1 is 1.00 bits per heavy atom. The lowest BCUT2D eigenvalue weighted by Gasteiger charge is -2.19. The zero-order chi connectivity index (χ0) is 17.9. The average molecular weight is 352 g/mol. The SMILES string of the molecule is O=C(NCc1ccccc1)c1nc(C(=O)N2CCCC2)n2c1CCCC2. The molecule has 3 heterocycles.